The number of nitrogens with one attached hydrogen (secondary N) is 1. The van der Waals surface area contributed by atoms with Crippen molar-refractivity contribution in [2.24, 2.45) is 5.92 Å². The van der Waals surface area contributed by atoms with E-state index in [0.717, 1.165) is 88.8 Å². The fourth-order valence-corrected chi connectivity index (χ4v) is 4.61. The van der Waals surface area contributed by atoms with Gasteiger partial charge in [-0.05, 0) is 31.9 Å². The maximum absolute atomic E-state index is 12.6. The van der Waals surface area contributed by atoms with E-state index in [1.165, 1.54) is 5.56 Å². The Morgan fingerprint density at radius 3 is 2.34 bits per heavy atom. The second kappa shape index (κ2) is 10.9. The first-order chi connectivity index (χ1) is 15.6. The molecule has 172 valence electrons. The summed E-state index contributed by atoms with van der Waals surface area (Å²) in [4.78, 5) is 28.9. The van der Waals surface area contributed by atoms with Crippen LogP contribution in [-0.4, -0.2) is 84.6 Å². The van der Waals surface area contributed by atoms with Gasteiger partial charge >= 0.3 is 0 Å². The predicted molar refractivity (Wildman–Crippen MR) is 129 cm³/mol. The first-order valence-corrected chi connectivity index (χ1v) is 12.0. The number of hydrogen-bond donors (Lipinski definition) is 1. The zero-order valence-electron chi connectivity index (χ0n) is 19.5. The Hall–Kier alpha value is -2.51. The SMILES string of the molecule is CCN1CCN(CCNC(=O)C2CCN(c3ncc(-c4cccc(C)c4)cn3)CC2)CC1. The molecule has 32 heavy (non-hydrogen) atoms. The summed E-state index contributed by atoms with van der Waals surface area (Å²) in [5.41, 5.74) is 3.40. The van der Waals surface area contributed by atoms with Gasteiger partial charge in [0.2, 0.25) is 11.9 Å². The fourth-order valence-electron chi connectivity index (χ4n) is 4.61. The van der Waals surface area contributed by atoms with E-state index in [0.29, 0.717) is 0 Å². The van der Waals surface area contributed by atoms with E-state index >= 15 is 0 Å². The lowest BCUT2D eigenvalue weighted by Crippen LogP contribution is -2.49. The molecule has 0 radical (unpaired) electrons. The van der Waals surface area contributed by atoms with Crippen LogP contribution < -0.4 is 10.2 Å². The average Bonchev–Trinajstić information content (AvgIpc) is 2.84. The summed E-state index contributed by atoms with van der Waals surface area (Å²) >= 11 is 0. The number of hydrogen-bond acceptors (Lipinski definition) is 6. The summed E-state index contributed by atoms with van der Waals surface area (Å²) in [5.74, 6) is 1.05. The molecular weight excluding hydrogens is 400 g/mol. The van der Waals surface area contributed by atoms with Crippen LogP contribution in [0.1, 0.15) is 25.3 Å². The quantitative estimate of drug-likeness (QED) is 0.719. The molecule has 1 aromatic heterocycles. The van der Waals surface area contributed by atoms with Crippen LogP contribution in [-0.2, 0) is 4.79 Å². The van der Waals surface area contributed by atoms with Crippen molar-refractivity contribution < 1.29 is 4.79 Å². The Morgan fingerprint density at radius 1 is 1.00 bits per heavy atom. The topological polar surface area (TPSA) is 64.6 Å². The minimum absolute atomic E-state index is 0.0924. The maximum atomic E-state index is 12.6. The van der Waals surface area contributed by atoms with Crippen molar-refractivity contribution in [2.45, 2.75) is 26.7 Å². The van der Waals surface area contributed by atoms with Gasteiger partial charge in [0.25, 0.3) is 0 Å². The lowest BCUT2D eigenvalue weighted by molar-refractivity contribution is -0.125. The summed E-state index contributed by atoms with van der Waals surface area (Å²) in [6, 6.07) is 8.38. The number of anilines is 1. The number of carbonyl (C=O) groups is 1. The molecule has 1 N–H and O–H groups in total. The summed E-state index contributed by atoms with van der Waals surface area (Å²) in [6.07, 6.45) is 5.50. The maximum Gasteiger partial charge on any atom is 0.225 e. The summed E-state index contributed by atoms with van der Waals surface area (Å²) in [5, 5.41) is 3.17. The van der Waals surface area contributed by atoms with Crippen LogP contribution >= 0.6 is 0 Å². The van der Waals surface area contributed by atoms with E-state index < -0.39 is 0 Å². The lowest BCUT2D eigenvalue weighted by atomic mass is 9.96. The Kier molecular flexibility index (Phi) is 7.71. The third-order valence-electron chi connectivity index (χ3n) is 6.78. The Labute approximate surface area is 191 Å². The molecular formula is C25H36N6O. The number of nitrogens with zero attached hydrogens (tertiary/aromatic N) is 5. The fraction of sp³-hybridized carbons (Fsp3) is 0.560. The highest BCUT2D eigenvalue weighted by molar-refractivity contribution is 5.79. The molecule has 2 saturated heterocycles. The molecule has 0 saturated carbocycles. The normalized spacial score (nSPS) is 18.6. The molecule has 0 atom stereocenters. The number of amides is 1. The van der Waals surface area contributed by atoms with Crippen molar-refractivity contribution in [3.8, 4) is 11.1 Å². The predicted octanol–water partition coefficient (Wildman–Crippen LogP) is 2.42. The highest BCUT2D eigenvalue weighted by atomic mass is 16.1. The molecule has 3 heterocycles. The van der Waals surface area contributed by atoms with E-state index in [-0.39, 0.29) is 11.8 Å². The smallest absolute Gasteiger partial charge is 0.225 e. The number of rotatable bonds is 7. The molecule has 2 fully saturated rings. The monoisotopic (exact) mass is 436 g/mol. The zero-order chi connectivity index (χ0) is 22.3. The Balaban J connectivity index is 1.19. The van der Waals surface area contributed by atoms with Gasteiger partial charge < -0.3 is 15.1 Å². The second-order valence-corrected chi connectivity index (χ2v) is 8.97. The number of benzene rings is 1. The van der Waals surface area contributed by atoms with Gasteiger partial charge in [0.1, 0.15) is 0 Å². The first kappa shape index (κ1) is 22.7. The van der Waals surface area contributed by atoms with Gasteiger partial charge in [0, 0.05) is 76.2 Å². The number of piperazine rings is 1. The van der Waals surface area contributed by atoms with E-state index in [1.54, 1.807) is 0 Å². The molecule has 0 aliphatic carbocycles. The van der Waals surface area contributed by atoms with Crippen LogP contribution in [0.4, 0.5) is 5.95 Å². The van der Waals surface area contributed by atoms with Gasteiger partial charge in [-0.25, -0.2) is 9.97 Å². The molecule has 2 aromatic rings. The number of aryl methyl sites for hydroxylation is 1. The molecule has 4 rings (SSSR count). The second-order valence-electron chi connectivity index (χ2n) is 8.97. The number of carbonyl (C=O) groups excluding carboxylic acids is 1. The van der Waals surface area contributed by atoms with Gasteiger partial charge in [0.05, 0.1) is 0 Å². The number of aromatic nitrogens is 2. The van der Waals surface area contributed by atoms with Crippen LogP contribution in [0.25, 0.3) is 11.1 Å². The summed E-state index contributed by atoms with van der Waals surface area (Å²) in [6.45, 7) is 13.2. The Bertz CT molecular complexity index is 870. The first-order valence-electron chi connectivity index (χ1n) is 12.0. The van der Waals surface area contributed by atoms with Crippen LogP contribution in [0.3, 0.4) is 0 Å². The highest BCUT2D eigenvalue weighted by Crippen LogP contribution is 2.23. The largest absolute Gasteiger partial charge is 0.355 e. The minimum atomic E-state index is 0.0924. The molecule has 2 aliphatic rings. The molecule has 0 spiro atoms. The lowest BCUT2D eigenvalue weighted by Gasteiger charge is -2.34. The molecule has 7 heteroatoms. The highest BCUT2D eigenvalue weighted by Gasteiger charge is 2.26. The molecule has 1 aromatic carbocycles. The zero-order valence-corrected chi connectivity index (χ0v) is 19.5. The van der Waals surface area contributed by atoms with Gasteiger partial charge in [0.15, 0.2) is 0 Å². The van der Waals surface area contributed by atoms with Crippen molar-refractivity contribution in [3.63, 3.8) is 0 Å². The minimum Gasteiger partial charge on any atom is -0.355 e. The standard InChI is InChI=1S/C25H36N6O/c1-3-29-13-15-30(16-14-29)12-9-26-24(32)21-7-10-31(11-8-21)25-27-18-23(19-28-25)22-6-4-5-20(2)17-22/h4-6,17-19,21H,3,7-16H2,1-2H3,(H,26,32). The van der Waals surface area contributed by atoms with Crippen molar-refractivity contribution >= 4 is 11.9 Å². The van der Waals surface area contributed by atoms with Crippen molar-refractivity contribution in [3.05, 3.63) is 42.2 Å². The van der Waals surface area contributed by atoms with E-state index in [9.17, 15) is 4.79 Å². The van der Waals surface area contributed by atoms with Gasteiger partial charge in [-0.1, -0.05) is 36.8 Å². The average molecular weight is 437 g/mol. The van der Waals surface area contributed by atoms with Crippen molar-refractivity contribution in [1.82, 2.24) is 25.1 Å². The molecule has 2 aliphatic heterocycles. The van der Waals surface area contributed by atoms with E-state index in [1.807, 2.05) is 12.4 Å². The third-order valence-corrected chi connectivity index (χ3v) is 6.78. The van der Waals surface area contributed by atoms with Crippen LogP contribution in [0.2, 0.25) is 0 Å². The van der Waals surface area contributed by atoms with E-state index in [2.05, 4.69) is 68.1 Å². The number of likely N-dealkylation sites (N-methyl/N-ethyl adjacent to an activating group) is 1. The van der Waals surface area contributed by atoms with Crippen molar-refractivity contribution in [1.29, 1.82) is 0 Å². The third kappa shape index (κ3) is 5.84. The van der Waals surface area contributed by atoms with Crippen LogP contribution in [0, 0.1) is 12.8 Å². The van der Waals surface area contributed by atoms with Gasteiger partial charge in [-0.15, -0.1) is 0 Å². The molecule has 1 amide bonds. The number of piperidine rings is 1. The Morgan fingerprint density at radius 2 is 1.69 bits per heavy atom. The van der Waals surface area contributed by atoms with E-state index in [4.69, 9.17) is 0 Å². The van der Waals surface area contributed by atoms with Crippen LogP contribution in [0.15, 0.2) is 36.7 Å². The molecule has 0 unspecified atom stereocenters. The molecule has 0 bridgehead atoms. The van der Waals surface area contributed by atoms with Gasteiger partial charge in [-0.2, -0.15) is 0 Å². The summed E-state index contributed by atoms with van der Waals surface area (Å²) in [7, 11) is 0. The summed E-state index contributed by atoms with van der Waals surface area (Å²) < 4.78 is 0. The van der Waals surface area contributed by atoms with Crippen LogP contribution in [0.5, 0.6) is 0 Å². The molecule has 7 nitrogen and oxygen atoms in total. The van der Waals surface area contributed by atoms with Crippen molar-refractivity contribution in [2.75, 3.05) is 63.8 Å². The van der Waals surface area contributed by atoms with Gasteiger partial charge in [-0.3, -0.25) is 9.69 Å².